The summed E-state index contributed by atoms with van der Waals surface area (Å²) in [5.74, 6) is -1.22. The van der Waals surface area contributed by atoms with E-state index in [1.807, 2.05) is 30.3 Å². The lowest BCUT2D eigenvalue weighted by Gasteiger charge is -2.17. The van der Waals surface area contributed by atoms with Crippen LogP contribution in [0.25, 0.3) is 5.69 Å². The predicted molar refractivity (Wildman–Crippen MR) is 130 cm³/mol. The lowest BCUT2D eigenvalue weighted by atomic mass is 10.2. The maximum atomic E-state index is 14.1. The number of hydrogen-bond donors (Lipinski definition) is 2. The van der Waals surface area contributed by atoms with Gasteiger partial charge in [0.1, 0.15) is 0 Å². The molecule has 0 fully saturated rings. The van der Waals surface area contributed by atoms with Gasteiger partial charge in [-0.25, -0.2) is 9.18 Å². The van der Waals surface area contributed by atoms with Gasteiger partial charge < -0.3 is 15.2 Å². The Balaban J connectivity index is 1.51. The van der Waals surface area contributed by atoms with Crippen LogP contribution in [0.1, 0.15) is 29.2 Å². The van der Waals surface area contributed by atoms with Crippen molar-refractivity contribution in [2.45, 2.75) is 18.2 Å². The number of hydrogen-bond acceptors (Lipinski definition) is 6. The SMILES string of the molecule is CC(Oc1ccccc1F)c1nnc(SCC(=O)Nc2ccc(C(=O)O)cc2)n1-c1ccccc1. The molecule has 35 heavy (non-hydrogen) atoms. The van der Waals surface area contributed by atoms with E-state index in [1.165, 1.54) is 48.2 Å². The number of aromatic nitrogens is 3. The molecule has 1 unspecified atom stereocenters. The first-order valence-corrected chi connectivity index (χ1v) is 11.6. The highest BCUT2D eigenvalue weighted by Crippen LogP contribution is 2.29. The van der Waals surface area contributed by atoms with Crippen LogP contribution in [0, 0.1) is 5.82 Å². The van der Waals surface area contributed by atoms with E-state index < -0.39 is 17.9 Å². The molecule has 3 aromatic carbocycles. The van der Waals surface area contributed by atoms with E-state index >= 15 is 0 Å². The number of carboxylic acids is 1. The zero-order chi connectivity index (χ0) is 24.8. The van der Waals surface area contributed by atoms with Gasteiger partial charge in [-0.15, -0.1) is 10.2 Å². The second kappa shape index (κ2) is 10.8. The van der Waals surface area contributed by atoms with Crippen molar-refractivity contribution in [3.63, 3.8) is 0 Å². The van der Waals surface area contributed by atoms with Crippen LogP contribution in [0.5, 0.6) is 5.75 Å². The topological polar surface area (TPSA) is 106 Å². The summed E-state index contributed by atoms with van der Waals surface area (Å²) >= 11 is 1.18. The number of rotatable bonds is 9. The number of anilines is 1. The van der Waals surface area contributed by atoms with Gasteiger partial charge in [-0.3, -0.25) is 9.36 Å². The van der Waals surface area contributed by atoms with Crippen molar-refractivity contribution >= 4 is 29.3 Å². The Bertz CT molecular complexity index is 1330. The summed E-state index contributed by atoms with van der Waals surface area (Å²) in [7, 11) is 0. The summed E-state index contributed by atoms with van der Waals surface area (Å²) in [5.41, 5.74) is 1.38. The van der Waals surface area contributed by atoms with Crippen LogP contribution in [-0.4, -0.2) is 37.5 Å². The first-order valence-electron chi connectivity index (χ1n) is 10.6. The van der Waals surface area contributed by atoms with Crippen LogP contribution < -0.4 is 10.1 Å². The van der Waals surface area contributed by atoms with Gasteiger partial charge in [0, 0.05) is 11.4 Å². The molecule has 1 aromatic heterocycles. The fourth-order valence-electron chi connectivity index (χ4n) is 3.26. The summed E-state index contributed by atoms with van der Waals surface area (Å²) in [6.45, 7) is 1.75. The number of nitrogens with one attached hydrogen (secondary N) is 1. The van der Waals surface area contributed by atoms with E-state index in [4.69, 9.17) is 9.84 Å². The van der Waals surface area contributed by atoms with Gasteiger partial charge in [0.15, 0.2) is 28.7 Å². The third-order valence-corrected chi connectivity index (χ3v) is 5.85. The molecular formula is C25H21FN4O4S. The number of benzene rings is 3. The number of halogens is 1. The molecule has 1 heterocycles. The van der Waals surface area contributed by atoms with Crippen molar-refractivity contribution in [2.75, 3.05) is 11.1 Å². The van der Waals surface area contributed by atoms with Gasteiger partial charge in [-0.2, -0.15) is 0 Å². The molecule has 0 aliphatic carbocycles. The molecule has 0 radical (unpaired) electrons. The van der Waals surface area contributed by atoms with Crippen molar-refractivity contribution in [1.29, 1.82) is 0 Å². The Morgan fingerprint density at radius 3 is 2.40 bits per heavy atom. The van der Waals surface area contributed by atoms with Crippen molar-refractivity contribution in [1.82, 2.24) is 14.8 Å². The Morgan fingerprint density at radius 1 is 1.03 bits per heavy atom. The van der Waals surface area contributed by atoms with Crippen LogP contribution in [0.15, 0.2) is 84.0 Å². The predicted octanol–water partition coefficient (Wildman–Crippen LogP) is 4.98. The molecule has 8 nitrogen and oxygen atoms in total. The molecule has 0 bridgehead atoms. The largest absolute Gasteiger partial charge is 0.480 e. The second-order valence-electron chi connectivity index (χ2n) is 7.42. The van der Waals surface area contributed by atoms with E-state index in [2.05, 4.69) is 15.5 Å². The van der Waals surface area contributed by atoms with E-state index in [1.54, 1.807) is 23.6 Å². The molecule has 0 saturated heterocycles. The second-order valence-corrected chi connectivity index (χ2v) is 8.36. The van der Waals surface area contributed by atoms with E-state index in [9.17, 15) is 14.0 Å². The normalized spacial score (nSPS) is 11.6. The van der Waals surface area contributed by atoms with Gasteiger partial charge in [-0.05, 0) is 55.5 Å². The number of carboxylic acid groups (broad SMARTS) is 1. The summed E-state index contributed by atoms with van der Waals surface area (Å²) < 4.78 is 21.7. The zero-order valence-electron chi connectivity index (χ0n) is 18.6. The first-order chi connectivity index (χ1) is 16.9. The third kappa shape index (κ3) is 5.85. The van der Waals surface area contributed by atoms with Crippen molar-refractivity contribution in [3.8, 4) is 11.4 Å². The van der Waals surface area contributed by atoms with Gasteiger partial charge in [0.2, 0.25) is 5.91 Å². The van der Waals surface area contributed by atoms with Crippen LogP contribution in [0.4, 0.5) is 10.1 Å². The Morgan fingerprint density at radius 2 is 1.71 bits per heavy atom. The fraction of sp³-hybridized carbons (Fsp3) is 0.120. The molecule has 0 aliphatic heterocycles. The summed E-state index contributed by atoms with van der Waals surface area (Å²) in [6.07, 6.45) is -0.629. The molecule has 1 atom stereocenters. The van der Waals surface area contributed by atoms with Gasteiger partial charge in [0.25, 0.3) is 0 Å². The molecule has 178 valence electrons. The molecule has 0 spiro atoms. The molecule has 0 saturated carbocycles. The van der Waals surface area contributed by atoms with Crippen LogP contribution >= 0.6 is 11.8 Å². The molecule has 4 rings (SSSR count). The molecule has 0 aliphatic rings. The Kier molecular flexibility index (Phi) is 7.41. The van der Waals surface area contributed by atoms with Crippen molar-refractivity contribution < 1.29 is 23.8 Å². The average Bonchev–Trinajstić information content (AvgIpc) is 3.29. The maximum absolute atomic E-state index is 14.1. The van der Waals surface area contributed by atoms with Gasteiger partial charge in [0.05, 0.1) is 11.3 Å². The fourth-order valence-corrected chi connectivity index (χ4v) is 4.02. The van der Waals surface area contributed by atoms with E-state index in [0.717, 1.165) is 5.69 Å². The minimum atomic E-state index is -1.04. The number of carbonyl (C=O) groups is 2. The number of amides is 1. The van der Waals surface area contributed by atoms with Gasteiger partial charge >= 0.3 is 5.97 Å². The number of carbonyl (C=O) groups excluding carboxylic acids is 1. The quantitative estimate of drug-likeness (QED) is 0.318. The summed E-state index contributed by atoms with van der Waals surface area (Å²) in [4.78, 5) is 23.5. The maximum Gasteiger partial charge on any atom is 0.335 e. The molecule has 1 amide bonds. The van der Waals surface area contributed by atoms with Crippen molar-refractivity contribution in [2.24, 2.45) is 0 Å². The number of para-hydroxylation sites is 2. The van der Waals surface area contributed by atoms with Crippen LogP contribution in [0.2, 0.25) is 0 Å². The number of aromatic carboxylic acids is 1. The summed E-state index contributed by atoms with van der Waals surface area (Å²) in [6, 6.07) is 21.4. The lowest BCUT2D eigenvalue weighted by molar-refractivity contribution is -0.113. The standard InChI is InChI=1S/C25H21FN4O4S/c1-16(34-21-10-6-5-9-20(21)26)23-28-29-25(30(23)19-7-3-2-4-8-19)35-15-22(31)27-18-13-11-17(12-14-18)24(32)33/h2-14,16H,15H2,1H3,(H,27,31)(H,32,33). The molecular weight excluding hydrogens is 471 g/mol. The average molecular weight is 493 g/mol. The molecule has 10 heteroatoms. The van der Waals surface area contributed by atoms with Crippen LogP contribution in [0.3, 0.4) is 0 Å². The Hall–Kier alpha value is -4.18. The molecule has 2 N–H and O–H groups in total. The molecule has 4 aromatic rings. The van der Waals surface area contributed by atoms with Gasteiger partial charge in [-0.1, -0.05) is 42.1 Å². The number of thioether (sulfide) groups is 1. The lowest BCUT2D eigenvalue weighted by Crippen LogP contribution is -2.15. The monoisotopic (exact) mass is 492 g/mol. The highest BCUT2D eigenvalue weighted by Gasteiger charge is 2.22. The van der Waals surface area contributed by atoms with E-state index in [0.29, 0.717) is 16.7 Å². The zero-order valence-corrected chi connectivity index (χ0v) is 19.4. The third-order valence-electron chi connectivity index (χ3n) is 4.92. The minimum Gasteiger partial charge on any atom is -0.480 e. The smallest absolute Gasteiger partial charge is 0.335 e. The Labute approximate surface area is 204 Å². The van der Waals surface area contributed by atoms with Crippen molar-refractivity contribution in [3.05, 3.63) is 96.1 Å². The highest BCUT2D eigenvalue weighted by molar-refractivity contribution is 7.99. The number of ether oxygens (including phenoxy) is 1. The first kappa shape index (κ1) is 24.0. The number of nitrogens with zero attached hydrogens (tertiary/aromatic N) is 3. The summed E-state index contributed by atoms with van der Waals surface area (Å²) in [5, 5.41) is 20.7. The van der Waals surface area contributed by atoms with Crippen LogP contribution in [-0.2, 0) is 4.79 Å². The minimum absolute atomic E-state index is 0.0359. The van der Waals surface area contributed by atoms with E-state index in [-0.39, 0.29) is 23.0 Å². The highest BCUT2D eigenvalue weighted by atomic mass is 32.2.